The maximum Gasteiger partial charge on any atom is 0.125 e. The highest BCUT2D eigenvalue weighted by molar-refractivity contribution is 14.1. The number of aryl methyl sites for hydroxylation is 1. The Morgan fingerprint density at radius 3 is 2.25 bits per heavy atom. The fourth-order valence-corrected chi connectivity index (χ4v) is 2.33. The molecule has 0 aliphatic rings. The summed E-state index contributed by atoms with van der Waals surface area (Å²) in [7, 11) is 1.77. The number of ether oxygens (including phenoxy) is 1. The number of hydrogen-bond donors (Lipinski definition) is 0. The van der Waals surface area contributed by atoms with E-state index in [9.17, 15) is 0 Å². The van der Waals surface area contributed by atoms with Crippen molar-refractivity contribution in [2.75, 3.05) is 7.11 Å². The van der Waals surface area contributed by atoms with Gasteiger partial charge < -0.3 is 4.74 Å². The predicted molar refractivity (Wildman–Crippen MR) is 78.8 cm³/mol. The molecule has 0 saturated heterocycles. The summed E-state index contributed by atoms with van der Waals surface area (Å²) in [6, 6.07) is 4.55. The van der Waals surface area contributed by atoms with Gasteiger partial charge in [0.2, 0.25) is 0 Å². The van der Waals surface area contributed by atoms with Gasteiger partial charge in [0.15, 0.2) is 0 Å². The third kappa shape index (κ3) is 2.90. The van der Waals surface area contributed by atoms with Crippen LogP contribution in [-0.4, -0.2) is 7.11 Å². The van der Waals surface area contributed by atoms with Gasteiger partial charge in [-0.2, -0.15) is 0 Å². The molecule has 0 bridgehead atoms. The number of rotatable bonds is 3. The van der Waals surface area contributed by atoms with Crippen LogP contribution in [0.4, 0.5) is 0 Å². The summed E-state index contributed by atoms with van der Waals surface area (Å²) in [5, 5.41) is 0. The Bertz CT molecular complexity index is 364. The molecular weight excluding hydrogens is 311 g/mol. The molecule has 1 rings (SSSR count). The molecule has 0 aliphatic heterocycles. The quantitative estimate of drug-likeness (QED) is 0.585. The van der Waals surface area contributed by atoms with Gasteiger partial charge in [0, 0.05) is 9.99 Å². The average Bonchev–Trinajstić information content (AvgIpc) is 2.25. The van der Waals surface area contributed by atoms with Crippen LogP contribution in [0.1, 0.15) is 44.4 Å². The van der Waals surface area contributed by atoms with Crippen LogP contribution in [0, 0.1) is 0 Å². The predicted octanol–water partition coefficient (Wildman–Crippen LogP) is 4.49. The molecule has 0 aromatic heterocycles. The fraction of sp³-hybridized carbons (Fsp3) is 0.571. The van der Waals surface area contributed by atoms with Crippen LogP contribution in [0.5, 0.6) is 5.75 Å². The van der Waals surface area contributed by atoms with Crippen molar-refractivity contribution >= 4 is 22.6 Å². The molecular formula is C14H21IO. The Morgan fingerprint density at radius 1 is 1.25 bits per heavy atom. The van der Waals surface area contributed by atoms with E-state index in [0.29, 0.717) is 0 Å². The van der Waals surface area contributed by atoms with E-state index in [4.69, 9.17) is 4.74 Å². The minimum absolute atomic E-state index is 0.136. The van der Waals surface area contributed by atoms with E-state index in [0.717, 1.165) is 16.6 Å². The lowest BCUT2D eigenvalue weighted by Crippen LogP contribution is -2.14. The van der Waals surface area contributed by atoms with Crippen molar-refractivity contribution in [3.05, 3.63) is 28.8 Å². The molecule has 0 heterocycles. The molecule has 1 aromatic rings. The smallest absolute Gasteiger partial charge is 0.125 e. The average molecular weight is 332 g/mol. The molecule has 0 aliphatic carbocycles. The summed E-state index contributed by atoms with van der Waals surface area (Å²) in [6.45, 7) is 8.89. The summed E-state index contributed by atoms with van der Waals surface area (Å²) < 4.78 is 6.64. The molecule has 1 aromatic carbocycles. The molecule has 16 heavy (non-hydrogen) atoms. The van der Waals surface area contributed by atoms with Crippen LogP contribution < -0.4 is 4.74 Å². The van der Waals surface area contributed by atoms with Gasteiger partial charge in [0.25, 0.3) is 0 Å². The lowest BCUT2D eigenvalue weighted by Gasteiger charge is -2.24. The SMILES string of the molecule is CCc1cc(CI)cc(C(C)(C)C)c1OC. The molecule has 0 unspecified atom stereocenters. The molecule has 0 spiro atoms. The van der Waals surface area contributed by atoms with Gasteiger partial charge in [-0.3, -0.25) is 0 Å². The first-order valence-electron chi connectivity index (χ1n) is 5.70. The van der Waals surface area contributed by atoms with E-state index >= 15 is 0 Å². The van der Waals surface area contributed by atoms with Crippen molar-refractivity contribution in [2.45, 2.75) is 44.0 Å². The minimum atomic E-state index is 0.136. The second-order valence-corrected chi connectivity index (χ2v) is 5.84. The summed E-state index contributed by atoms with van der Waals surface area (Å²) in [4.78, 5) is 0. The lowest BCUT2D eigenvalue weighted by atomic mass is 9.84. The van der Waals surface area contributed by atoms with Crippen molar-refractivity contribution < 1.29 is 4.74 Å². The third-order valence-corrected chi connectivity index (χ3v) is 3.65. The highest BCUT2D eigenvalue weighted by Crippen LogP contribution is 2.35. The summed E-state index contributed by atoms with van der Waals surface area (Å²) in [5.41, 5.74) is 4.17. The maximum atomic E-state index is 5.59. The number of hydrogen-bond acceptors (Lipinski definition) is 1. The largest absolute Gasteiger partial charge is 0.496 e. The molecule has 0 saturated carbocycles. The zero-order chi connectivity index (χ0) is 12.3. The normalized spacial score (nSPS) is 11.6. The van der Waals surface area contributed by atoms with Crippen LogP contribution in [0.2, 0.25) is 0 Å². The Hall–Kier alpha value is -0.250. The Morgan fingerprint density at radius 2 is 1.88 bits per heavy atom. The summed E-state index contributed by atoms with van der Waals surface area (Å²) in [6.07, 6.45) is 1.02. The van der Waals surface area contributed by atoms with Gasteiger partial charge in [0.05, 0.1) is 7.11 Å². The van der Waals surface area contributed by atoms with Crippen molar-refractivity contribution in [1.82, 2.24) is 0 Å². The highest BCUT2D eigenvalue weighted by atomic mass is 127. The van der Waals surface area contributed by atoms with Gasteiger partial charge in [-0.05, 0) is 23.0 Å². The number of alkyl halides is 1. The van der Waals surface area contributed by atoms with Gasteiger partial charge in [-0.1, -0.05) is 62.4 Å². The highest BCUT2D eigenvalue weighted by Gasteiger charge is 2.21. The van der Waals surface area contributed by atoms with Crippen molar-refractivity contribution in [3.63, 3.8) is 0 Å². The first-order valence-corrected chi connectivity index (χ1v) is 7.22. The van der Waals surface area contributed by atoms with Crippen LogP contribution in [0.25, 0.3) is 0 Å². The molecule has 1 nitrogen and oxygen atoms in total. The standard InChI is InChI=1S/C14H21IO/c1-6-11-7-10(9-15)8-12(13(11)16-5)14(2,3)4/h7-8H,6,9H2,1-5H3. The minimum Gasteiger partial charge on any atom is -0.496 e. The molecule has 2 heteroatoms. The van der Waals surface area contributed by atoms with Gasteiger partial charge in [-0.25, -0.2) is 0 Å². The van der Waals surface area contributed by atoms with Crippen molar-refractivity contribution in [2.24, 2.45) is 0 Å². The number of halogens is 1. The van der Waals surface area contributed by atoms with E-state index in [1.807, 2.05) is 0 Å². The Balaban J connectivity index is 3.43. The van der Waals surface area contributed by atoms with Crippen LogP contribution in [0.3, 0.4) is 0 Å². The monoisotopic (exact) mass is 332 g/mol. The zero-order valence-electron chi connectivity index (χ0n) is 10.9. The topological polar surface area (TPSA) is 9.23 Å². The van der Waals surface area contributed by atoms with Crippen LogP contribution in [0.15, 0.2) is 12.1 Å². The third-order valence-electron chi connectivity index (χ3n) is 2.77. The zero-order valence-corrected chi connectivity index (χ0v) is 13.0. The van der Waals surface area contributed by atoms with Crippen LogP contribution >= 0.6 is 22.6 Å². The number of methoxy groups -OCH3 is 1. The molecule has 0 N–H and O–H groups in total. The number of benzene rings is 1. The lowest BCUT2D eigenvalue weighted by molar-refractivity contribution is 0.393. The fourth-order valence-electron chi connectivity index (χ4n) is 1.89. The van der Waals surface area contributed by atoms with Gasteiger partial charge >= 0.3 is 0 Å². The Labute approximate surface area is 113 Å². The summed E-state index contributed by atoms with van der Waals surface area (Å²) in [5.74, 6) is 1.07. The first-order chi connectivity index (χ1) is 7.43. The van der Waals surface area contributed by atoms with E-state index in [1.54, 1.807) is 7.11 Å². The van der Waals surface area contributed by atoms with E-state index in [-0.39, 0.29) is 5.41 Å². The second kappa shape index (κ2) is 5.39. The molecule has 0 fully saturated rings. The molecule has 0 atom stereocenters. The summed E-state index contributed by atoms with van der Waals surface area (Å²) >= 11 is 2.41. The van der Waals surface area contributed by atoms with Gasteiger partial charge in [0.1, 0.15) is 5.75 Å². The van der Waals surface area contributed by atoms with E-state index in [1.165, 1.54) is 16.7 Å². The second-order valence-electron chi connectivity index (χ2n) is 5.07. The molecule has 90 valence electrons. The van der Waals surface area contributed by atoms with Gasteiger partial charge in [-0.15, -0.1) is 0 Å². The van der Waals surface area contributed by atoms with E-state index in [2.05, 4.69) is 62.4 Å². The van der Waals surface area contributed by atoms with Crippen LogP contribution in [-0.2, 0) is 16.3 Å². The maximum absolute atomic E-state index is 5.59. The Kier molecular flexibility index (Phi) is 4.65. The van der Waals surface area contributed by atoms with Crippen molar-refractivity contribution in [3.8, 4) is 5.75 Å². The molecule has 0 amide bonds. The van der Waals surface area contributed by atoms with E-state index < -0.39 is 0 Å². The van der Waals surface area contributed by atoms with Crippen molar-refractivity contribution in [1.29, 1.82) is 0 Å². The molecule has 0 radical (unpaired) electrons. The first kappa shape index (κ1) is 13.8.